The molecular weight excluding hydrogens is 262 g/mol. The number of nitrogens with zero attached hydrogens (tertiary/aromatic N) is 4. The summed E-state index contributed by atoms with van der Waals surface area (Å²) >= 11 is 0. The maximum Gasteiger partial charge on any atom is 0.0641 e. The second-order valence-corrected chi connectivity index (χ2v) is 5.66. The van der Waals surface area contributed by atoms with E-state index in [4.69, 9.17) is 0 Å². The molecule has 2 aromatic heterocycles. The van der Waals surface area contributed by atoms with E-state index in [0.717, 1.165) is 37.2 Å². The van der Waals surface area contributed by atoms with Crippen molar-refractivity contribution in [1.82, 2.24) is 24.9 Å². The molecule has 0 aliphatic carbocycles. The van der Waals surface area contributed by atoms with E-state index in [0.29, 0.717) is 6.04 Å². The van der Waals surface area contributed by atoms with Gasteiger partial charge < -0.3 is 5.32 Å². The number of hydrogen-bond acceptors (Lipinski definition) is 3. The van der Waals surface area contributed by atoms with Crippen LogP contribution in [0.5, 0.6) is 0 Å². The molecule has 116 valence electrons. The van der Waals surface area contributed by atoms with E-state index in [2.05, 4.69) is 48.5 Å². The summed E-state index contributed by atoms with van der Waals surface area (Å²) in [6.07, 6.45) is 5.17. The van der Waals surface area contributed by atoms with Gasteiger partial charge in [-0.1, -0.05) is 13.8 Å². The van der Waals surface area contributed by atoms with Crippen LogP contribution in [0.25, 0.3) is 0 Å². The van der Waals surface area contributed by atoms with E-state index in [1.807, 2.05) is 23.5 Å². The third kappa shape index (κ3) is 3.73. The third-order valence-corrected chi connectivity index (χ3v) is 3.87. The van der Waals surface area contributed by atoms with Gasteiger partial charge in [-0.15, -0.1) is 0 Å². The molecule has 21 heavy (non-hydrogen) atoms. The van der Waals surface area contributed by atoms with Gasteiger partial charge in [0, 0.05) is 44.0 Å². The zero-order valence-corrected chi connectivity index (χ0v) is 13.8. The van der Waals surface area contributed by atoms with Crippen LogP contribution in [0.4, 0.5) is 0 Å². The second kappa shape index (κ2) is 6.89. The van der Waals surface area contributed by atoms with Gasteiger partial charge in [0.2, 0.25) is 0 Å². The first kappa shape index (κ1) is 15.8. The van der Waals surface area contributed by atoms with Crippen LogP contribution in [-0.4, -0.2) is 26.1 Å². The maximum atomic E-state index is 4.55. The number of aryl methyl sites for hydroxylation is 4. The normalized spacial score (nSPS) is 12.8. The van der Waals surface area contributed by atoms with Crippen LogP contribution in [0.1, 0.15) is 49.0 Å². The Kier molecular flexibility index (Phi) is 5.17. The lowest BCUT2D eigenvalue weighted by Crippen LogP contribution is -2.25. The van der Waals surface area contributed by atoms with Crippen LogP contribution in [0, 0.1) is 6.92 Å². The van der Waals surface area contributed by atoms with Crippen LogP contribution in [0.3, 0.4) is 0 Å². The lowest BCUT2D eigenvalue weighted by Gasteiger charge is -2.18. The SMILES string of the molecule is CCCNC(Cc1cc(CC)nn1C)c1cn(C)nc1C. The summed E-state index contributed by atoms with van der Waals surface area (Å²) in [5.41, 5.74) is 4.81. The van der Waals surface area contributed by atoms with Crippen molar-refractivity contribution in [3.05, 3.63) is 34.9 Å². The number of rotatable bonds is 7. The van der Waals surface area contributed by atoms with E-state index < -0.39 is 0 Å². The Morgan fingerprint density at radius 1 is 1.24 bits per heavy atom. The van der Waals surface area contributed by atoms with Crippen LogP contribution >= 0.6 is 0 Å². The lowest BCUT2D eigenvalue weighted by molar-refractivity contribution is 0.510. The quantitative estimate of drug-likeness (QED) is 0.851. The fraction of sp³-hybridized carbons (Fsp3) is 0.625. The predicted molar refractivity (Wildman–Crippen MR) is 85.3 cm³/mol. The second-order valence-electron chi connectivity index (χ2n) is 5.66. The van der Waals surface area contributed by atoms with Gasteiger partial charge in [0.25, 0.3) is 0 Å². The molecule has 0 saturated heterocycles. The fourth-order valence-corrected chi connectivity index (χ4v) is 2.72. The van der Waals surface area contributed by atoms with E-state index in [-0.39, 0.29) is 0 Å². The molecule has 0 fully saturated rings. The van der Waals surface area contributed by atoms with Crippen molar-refractivity contribution in [1.29, 1.82) is 0 Å². The molecule has 1 atom stereocenters. The largest absolute Gasteiger partial charge is 0.309 e. The molecule has 0 saturated carbocycles. The Hall–Kier alpha value is -1.62. The summed E-state index contributed by atoms with van der Waals surface area (Å²) in [5, 5.41) is 12.7. The Morgan fingerprint density at radius 3 is 2.52 bits per heavy atom. The summed E-state index contributed by atoms with van der Waals surface area (Å²) in [5.74, 6) is 0. The number of aromatic nitrogens is 4. The van der Waals surface area contributed by atoms with Gasteiger partial charge in [-0.3, -0.25) is 9.36 Å². The highest BCUT2D eigenvalue weighted by Gasteiger charge is 2.18. The zero-order valence-electron chi connectivity index (χ0n) is 13.8. The molecule has 1 unspecified atom stereocenters. The average Bonchev–Trinajstić information content (AvgIpc) is 2.97. The molecule has 2 rings (SSSR count). The van der Waals surface area contributed by atoms with E-state index in [1.165, 1.54) is 11.3 Å². The highest BCUT2D eigenvalue weighted by atomic mass is 15.3. The van der Waals surface area contributed by atoms with E-state index in [9.17, 15) is 0 Å². The van der Waals surface area contributed by atoms with Gasteiger partial charge >= 0.3 is 0 Å². The molecule has 0 aliphatic heterocycles. The highest BCUT2D eigenvalue weighted by Crippen LogP contribution is 2.21. The highest BCUT2D eigenvalue weighted by molar-refractivity contribution is 5.23. The first-order chi connectivity index (χ1) is 10.0. The Balaban J connectivity index is 2.23. The molecule has 0 radical (unpaired) electrons. The Morgan fingerprint density at radius 2 is 2.00 bits per heavy atom. The molecule has 5 heteroatoms. The minimum absolute atomic E-state index is 0.291. The average molecular weight is 289 g/mol. The van der Waals surface area contributed by atoms with Crippen molar-refractivity contribution in [2.45, 2.75) is 46.1 Å². The van der Waals surface area contributed by atoms with Crippen molar-refractivity contribution in [2.75, 3.05) is 6.54 Å². The molecule has 0 aromatic carbocycles. The van der Waals surface area contributed by atoms with Gasteiger partial charge in [0.15, 0.2) is 0 Å². The fourth-order valence-electron chi connectivity index (χ4n) is 2.72. The molecule has 0 amide bonds. The number of hydrogen-bond donors (Lipinski definition) is 1. The van der Waals surface area contributed by atoms with Crippen molar-refractivity contribution in [3.63, 3.8) is 0 Å². The topological polar surface area (TPSA) is 47.7 Å². The van der Waals surface area contributed by atoms with Crippen molar-refractivity contribution in [3.8, 4) is 0 Å². The minimum atomic E-state index is 0.291. The third-order valence-electron chi connectivity index (χ3n) is 3.87. The first-order valence-electron chi connectivity index (χ1n) is 7.80. The summed E-state index contributed by atoms with van der Waals surface area (Å²) in [6.45, 7) is 7.43. The van der Waals surface area contributed by atoms with Crippen molar-refractivity contribution >= 4 is 0 Å². The summed E-state index contributed by atoms with van der Waals surface area (Å²) in [4.78, 5) is 0. The molecule has 2 aromatic rings. The van der Waals surface area contributed by atoms with Gasteiger partial charge in [-0.25, -0.2) is 0 Å². The van der Waals surface area contributed by atoms with Gasteiger partial charge in [-0.05, 0) is 32.4 Å². The van der Waals surface area contributed by atoms with E-state index >= 15 is 0 Å². The van der Waals surface area contributed by atoms with Crippen LogP contribution in [0.15, 0.2) is 12.3 Å². The van der Waals surface area contributed by atoms with E-state index in [1.54, 1.807) is 0 Å². The smallest absolute Gasteiger partial charge is 0.0641 e. The standard InChI is InChI=1S/C16H27N5/c1-6-8-17-16(15-11-20(4)18-12(15)3)10-14-9-13(7-2)19-21(14)5/h9,11,16-17H,6-8,10H2,1-5H3. The lowest BCUT2D eigenvalue weighted by atomic mass is 10.0. The van der Waals surface area contributed by atoms with Crippen LogP contribution < -0.4 is 5.32 Å². The molecular formula is C16H27N5. The molecule has 0 spiro atoms. The maximum absolute atomic E-state index is 4.55. The van der Waals surface area contributed by atoms with Crippen molar-refractivity contribution < 1.29 is 0 Å². The molecule has 1 N–H and O–H groups in total. The van der Waals surface area contributed by atoms with Gasteiger partial charge in [-0.2, -0.15) is 10.2 Å². The van der Waals surface area contributed by atoms with Crippen LogP contribution in [-0.2, 0) is 26.9 Å². The molecule has 0 aliphatic rings. The Bertz CT molecular complexity index is 582. The number of nitrogens with one attached hydrogen (secondary N) is 1. The monoisotopic (exact) mass is 289 g/mol. The zero-order chi connectivity index (χ0) is 15.4. The molecule has 5 nitrogen and oxygen atoms in total. The predicted octanol–water partition coefficient (Wildman–Crippen LogP) is 2.31. The Labute approximate surface area is 127 Å². The molecule has 2 heterocycles. The summed E-state index contributed by atoms with van der Waals surface area (Å²) < 4.78 is 3.90. The van der Waals surface area contributed by atoms with Gasteiger partial charge in [0.05, 0.1) is 11.4 Å². The van der Waals surface area contributed by atoms with Crippen molar-refractivity contribution in [2.24, 2.45) is 14.1 Å². The molecule has 0 bridgehead atoms. The summed E-state index contributed by atoms with van der Waals surface area (Å²) in [7, 11) is 4.01. The first-order valence-corrected chi connectivity index (χ1v) is 7.80. The minimum Gasteiger partial charge on any atom is -0.309 e. The van der Waals surface area contributed by atoms with Crippen LogP contribution in [0.2, 0.25) is 0 Å². The summed E-state index contributed by atoms with van der Waals surface area (Å²) in [6, 6.07) is 2.51. The van der Waals surface area contributed by atoms with Gasteiger partial charge in [0.1, 0.15) is 0 Å².